The first-order valence-corrected chi connectivity index (χ1v) is 17.1. The molecule has 0 radical (unpaired) electrons. The van der Waals surface area contributed by atoms with Crippen LogP contribution in [0.15, 0.2) is 69.0 Å². The highest BCUT2D eigenvalue weighted by molar-refractivity contribution is 8.05. The van der Waals surface area contributed by atoms with Crippen molar-refractivity contribution in [3.8, 4) is 0 Å². The summed E-state index contributed by atoms with van der Waals surface area (Å²) in [6.45, 7) is 15.2. The number of piperazine rings is 1. The van der Waals surface area contributed by atoms with Gasteiger partial charge in [0, 0.05) is 37.8 Å². The molecule has 1 amide bonds. The molecule has 2 heterocycles. The van der Waals surface area contributed by atoms with E-state index in [1.807, 2.05) is 70.8 Å². The Morgan fingerprint density at radius 3 is 2.25 bits per heavy atom. The molecule has 2 aliphatic heterocycles. The third-order valence-corrected chi connectivity index (χ3v) is 8.33. The van der Waals surface area contributed by atoms with Crippen molar-refractivity contribution >= 4 is 52.8 Å². The van der Waals surface area contributed by atoms with Crippen LogP contribution in [0.4, 0.5) is 5.69 Å². The first-order valence-electron chi connectivity index (χ1n) is 15.5. The second-order valence-electron chi connectivity index (χ2n) is 9.61. The maximum Gasteiger partial charge on any atom is 0.254 e. The first-order chi connectivity index (χ1) is 21.2. The van der Waals surface area contributed by atoms with E-state index in [1.54, 1.807) is 6.07 Å². The number of nitrogens with one attached hydrogen (secondary N) is 1. The zero-order chi connectivity index (χ0) is 33.5. The van der Waals surface area contributed by atoms with Crippen molar-refractivity contribution in [2.24, 2.45) is 0 Å². The molecule has 44 heavy (non-hydrogen) atoms. The molecule has 0 saturated carbocycles. The molecule has 0 spiro atoms. The zero-order valence-corrected chi connectivity index (χ0v) is 29.8. The largest absolute Gasteiger partial charge is 0.382 e. The van der Waals surface area contributed by atoms with Crippen molar-refractivity contribution in [3.63, 3.8) is 0 Å². The average molecular weight is 671 g/mol. The van der Waals surface area contributed by atoms with E-state index < -0.39 is 18.1 Å². The topological polar surface area (TPSA) is 93.1 Å². The minimum Gasteiger partial charge on any atom is -0.382 e. The summed E-state index contributed by atoms with van der Waals surface area (Å²) in [4.78, 5) is 27.2. The normalized spacial score (nSPS) is 16.4. The molecule has 1 aromatic carbocycles. The maximum atomic E-state index is 11.9. The lowest BCUT2D eigenvalue weighted by Gasteiger charge is -2.37. The van der Waals surface area contributed by atoms with Crippen molar-refractivity contribution in [1.82, 2.24) is 10.2 Å². The SMILES string of the molecule is CC.CC.CC/C(Cl)=C\C=C(/C)CCC1=CSC(CNC)=CC1.O=C[C@H](O)[C@@H](O)C(=O)N1CCN(c2ccccc2Cl)CC1. The number of amides is 1. The molecule has 1 aromatic rings. The Bertz CT molecular complexity index is 1100. The Hall–Kier alpha value is -2.07. The predicted octanol–water partition coefficient (Wildman–Crippen LogP) is 7.33. The monoisotopic (exact) mass is 669 g/mol. The number of hydrogen-bond acceptors (Lipinski definition) is 7. The van der Waals surface area contributed by atoms with Gasteiger partial charge >= 0.3 is 0 Å². The Morgan fingerprint density at radius 2 is 1.73 bits per heavy atom. The number of aliphatic hydroxyl groups is 2. The van der Waals surface area contributed by atoms with Gasteiger partial charge in [0.2, 0.25) is 0 Å². The van der Waals surface area contributed by atoms with Gasteiger partial charge < -0.3 is 30.1 Å². The number of nitrogens with zero attached hydrogens (tertiary/aromatic N) is 2. The fourth-order valence-corrected chi connectivity index (χ4v) is 5.28. The van der Waals surface area contributed by atoms with Gasteiger partial charge in [-0.3, -0.25) is 4.79 Å². The molecule has 2 aliphatic rings. The summed E-state index contributed by atoms with van der Waals surface area (Å²) in [5, 5.41) is 25.8. The number of thioether (sulfide) groups is 1. The van der Waals surface area contributed by atoms with Crippen molar-refractivity contribution in [3.05, 3.63) is 74.0 Å². The smallest absolute Gasteiger partial charge is 0.254 e. The predicted molar refractivity (Wildman–Crippen MR) is 191 cm³/mol. The Balaban J connectivity index is 0.000000759. The van der Waals surface area contributed by atoms with Gasteiger partial charge in [0.05, 0.1) is 10.7 Å². The van der Waals surface area contributed by atoms with Gasteiger partial charge in [-0.05, 0) is 68.2 Å². The molecule has 7 nitrogen and oxygen atoms in total. The summed E-state index contributed by atoms with van der Waals surface area (Å²) < 4.78 is 0. The van der Waals surface area contributed by atoms with E-state index in [4.69, 9.17) is 23.2 Å². The van der Waals surface area contributed by atoms with Crippen LogP contribution in [0.1, 0.15) is 67.2 Å². The number of carbonyl (C=O) groups is 2. The minimum atomic E-state index is -1.70. The quantitative estimate of drug-likeness (QED) is 0.168. The molecule has 2 atom stereocenters. The summed E-state index contributed by atoms with van der Waals surface area (Å²) in [7, 11) is 1.99. The standard InChI is InChI=1S/C16H24ClNS.C14H17ClN2O4.2C2H6/c1-4-15(17)9-6-13(2)5-7-14-8-10-16(11-18-3)19-12-14;15-10-3-1-2-4-11(10)16-5-7-17(8-6-16)14(21)13(20)12(19)9-18;2*1-2/h6,9-10,12,18H,4-5,7-8,11H2,1-3H3;1-4,9,12-13,19-20H,5-8H2;2*1-2H3/b13-6+,15-9+;;;/t;12-,13+;;/m.0../s1. The van der Waals surface area contributed by atoms with Crippen LogP contribution in [0.5, 0.6) is 0 Å². The van der Waals surface area contributed by atoms with Crippen molar-refractivity contribution in [2.75, 3.05) is 44.7 Å². The molecule has 0 bridgehead atoms. The summed E-state index contributed by atoms with van der Waals surface area (Å²) in [5.74, 6) is -0.631. The Kier molecular flexibility index (Phi) is 24.0. The van der Waals surface area contributed by atoms with E-state index in [-0.39, 0.29) is 6.29 Å². The van der Waals surface area contributed by atoms with E-state index in [1.165, 1.54) is 21.0 Å². The van der Waals surface area contributed by atoms with Gasteiger partial charge in [-0.2, -0.15) is 0 Å². The summed E-state index contributed by atoms with van der Waals surface area (Å²) in [5.41, 5.74) is 3.82. The van der Waals surface area contributed by atoms with Crippen molar-refractivity contribution in [2.45, 2.75) is 79.4 Å². The fourth-order valence-electron chi connectivity index (χ4n) is 4.02. The zero-order valence-electron chi connectivity index (χ0n) is 27.5. The highest BCUT2D eigenvalue weighted by Crippen LogP contribution is 2.29. The lowest BCUT2D eigenvalue weighted by molar-refractivity contribution is -0.149. The van der Waals surface area contributed by atoms with Crippen LogP contribution in [0.3, 0.4) is 0 Å². The van der Waals surface area contributed by atoms with Gasteiger partial charge in [0.1, 0.15) is 6.10 Å². The highest BCUT2D eigenvalue weighted by atomic mass is 35.5. The number of carbonyl (C=O) groups excluding carboxylic acids is 2. The van der Waals surface area contributed by atoms with Gasteiger partial charge in [0.15, 0.2) is 12.4 Å². The molecule has 3 rings (SSSR count). The molecular weight excluding hydrogens is 617 g/mol. The number of aliphatic hydroxyl groups excluding tert-OH is 2. The second kappa shape index (κ2) is 25.2. The van der Waals surface area contributed by atoms with Crippen LogP contribution in [-0.4, -0.2) is 79.3 Å². The van der Waals surface area contributed by atoms with Gasteiger partial charge in [-0.1, -0.05) is 93.3 Å². The molecule has 248 valence electrons. The number of anilines is 1. The van der Waals surface area contributed by atoms with E-state index in [0.717, 1.165) is 42.9 Å². The van der Waals surface area contributed by atoms with E-state index in [9.17, 15) is 19.8 Å². The van der Waals surface area contributed by atoms with Gasteiger partial charge in [0.25, 0.3) is 5.91 Å². The number of benzene rings is 1. The van der Waals surface area contributed by atoms with Crippen LogP contribution in [-0.2, 0) is 9.59 Å². The highest BCUT2D eigenvalue weighted by Gasteiger charge is 2.30. The molecular formula is C34H53Cl2N3O4S. The molecule has 10 heteroatoms. The number of likely N-dealkylation sites (N-methyl/N-ethyl adjacent to an activating group) is 1. The maximum absolute atomic E-state index is 11.9. The van der Waals surface area contributed by atoms with E-state index >= 15 is 0 Å². The van der Waals surface area contributed by atoms with Crippen LogP contribution in [0.2, 0.25) is 5.02 Å². The second-order valence-corrected chi connectivity index (χ2v) is 11.5. The molecule has 3 N–H and O–H groups in total. The first kappa shape index (κ1) is 41.9. The minimum absolute atomic E-state index is 0.155. The lowest BCUT2D eigenvalue weighted by atomic mass is 10.0. The van der Waals surface area contributed by atoms with Crippen LogP contribution >= 0.6 is 35.0 Å². The Labute approximate surface area is 280 Å². The third kappa shape index (κ3) is 15.8. The van der Waals surface area contributed by atoms with Gasteiger partial charge in [-0.15, -0.1) is 11.8 Å². The van der Waals surface area contributed by atoms with Crippen LogP contribution in [0, 0.1) is 0 Å². The molecule has 0 unspecified atom stereocenters. The fraction of sp³-hybridized carbons (Fsp3) is 0.529. The summed E-state index contributed by atoms with van der Waals surface area (Å²) in [6, 6.07) is 7.45. The molecule has 0 aromatic heterocycles. The van der Waals surface area contributed by atoms with Crippen LogP contribution < -0.4 is 10.2 Å². The number of para-hydroxylation sites is 1. The van der Waals surface area contributed by atoms with Crippen molar-refractivity contribution < 1.29 is 19.8 Å². The third-order valence-electron chi connectivity index (χ3n) is 6.55. The molecule has 1 fully saturated rings. The number of rotatable bonds is 11. The van der Waals surface area contributed by atoms with E-state index in [2.05, 4.69) is 41.6 Å². The van der Waals surface area contributed by atoms with Crippen LogP contribution in [0.25, 0.3) is 0 Å². The lowest BCUT2D eigenvalue weighted by Crippen LogP contribution is -2.53. The average Bonchev–Trinajstić information content (AvgIpc) is 3.08. The van der Waals surface area contributed by atoms with E-state index in [0.29, 0.717) is 31.2 Å². The summed E-state index contributed by atoms with van der Waals surface area (Å²) in [6.07, 6.45) is 7.55. The number of hydrogen-bond donors (Lipinski definition) is 3. The van der Waals surface area contributed by atoms with Crippen molar-refractivity contribution in [1.29, 1.82) is 0 Å². The number of allylic oxidation sites excluding steroid dienone is 6. The number of halogens is 2. The van der Waals surface area contributed by atoms with Gasteiger partial charge in [-0.25, -0.2) is 0 Å². The Morgan fingerprint density at radius 1 is 1.09 bits per heavy atom. The summed E-state index contributed by atoms with van der Waals surface area (Å²) >= 11 is 14.0. The molecule has 1 saturated heterocycles. The number of aldehydes is 1. The molecule has 0 aliphatic carbocycles.